The number of dihydropyridines is 1. The molecule has 0 saturated heterocycles. The van der Waals surface area contributed by atoms with Gasteiger partial charge in [0.15, 0.2) is 5.75 Å². The van der Waals surface area contributed by atoms with Crippen LogP contribution in [-0.2, 0) is 14.3 Å². The first kappa shape index (κ1) is 24.8. The Morgan fingerprint density at radius 1 is 1.11 bits per heavy atom. The average Bonchev–Trinajstić information content (AvgIpc) is 3.21. The molecule has 1 aliphatic carbocycles. The third-order valence-corrected chi connectivity index (χ3v) is 7.45. The molecule has 10 heteroatoms. The third-order valence-electron chi connectivity index (χ3n) is 7.09. The number of ether oxygens (including phenoxy) is 4. The lowest BCUT2D eigenvalue weighted by molar-refractivity contribution is -0.137. The maximum atomic E-state index is 14.4. The smallest absolute Gasteiger partial charge is 0.354 e. The van der Waals surface area contributed by atoms with E-state index in [1.807, 2.05) is 0 Å². The van der Waals surface area contributed by atoms with E-state index in [4.69, 9.17) is 30.5 Å². The summed E-state index contributed by atoms with van der Waals surface area (Å²) in [6, 6.07) is 7.04. The molecule has 0 bridgehead atoms. The van der Waals surface area contributed by atoms with Gasteiger partial charge in [-0.1, -0.05) is 30.7 Å². The van der Waals surface area contributed by atoms with Crippen LogP contribution < -0.4 is 19.5 Å². The maximum Gasteiger partial charge on any atom is 0.354 e. The monoisotopic (exact) mass is 527 g/mol. The highest BCUT2D eigenvalue weighted by Gasteiger charge is 2.63. The van der Waals surface area contributed by atoms with Gasteiger partial charge in [0, 0.05) is 29.2 Å². The highest BCUT2D eigenvalue weighted by molar-refractivity contribution is 6.36. The highest BCUT2D eigenvalue weighted by atomic mass is 35.5. The van der Waals surface area contributed by atoms with E-state index in [1.54, 1.807) is 6.92 Å². The van der Waals surface area contributed by atoms with Crippen molar-refractivity contribution in [2.45, 2.75) is 24.9 Å². The van der Waals surface area contributed by atoms with E-state index >= 15 is 0 Å². The molecule has 0 saturated carbocycles. The number of esters is 1. The number of allylic oxidation sites excluding steroid dienone is 2. The minimum atomic E-state index is -1.92. The number of carbonyl (C=O) groups excluding carboxylic acids is 3. The molecule has 2 aromatic carbocycles. The van der Waals surface area contributed by atoms with Crippen LogP contribution in [0.2, 0.25) is 5.02 Å². The minimum absolute atomic E-state index is 0.0139. The average molecular weight is 528 g/mol. The van der Waals surface area contributed by atoms with E-state index in [1.165, 1.54) is 57.7 Å². The van der Waals surface area contributed by atoms with Crippen LogP contribution in [0.15, 0.2) is 53.4 Å². The van der Waals surface area contributed by atoms with Gasteiger partial charge in [-0.25, -0.2) is 9.18 Å². The van der Waals surface area contributed by atoms with Crippen LogP contribution in [0.4, 0.5) is 4.39 Å². The van der Waals surface area contributed by atoms with E-state index < -0.39 is 40.8 Å². The number of hydrogen-bond acceptors (Lipinski definition) is 8. The molecule has 0 aromatic heterocycles. The normalized spacial score (nSPS) is 24.1. The summed E-state index contributed by atoms with van der Waals surface area (Å²) in [7, 11) is 4.05. The number of ketones is 2. The number of nitrogens with one attached hydrogen (secondary N) is 1. The molecule has 3 unspecified atom stereocenters. The van der Waals surface area contributed by atoms with Crippen molar-refractivity contribution in [1.29, 1.82) is 0 Å². The molecular formula is C27H23ClFNO7. The fourth-order valence-corrected chi connectivity index (χ4v) is 5.52. The van der Waals surface area contributed by atoms with Crippen molar-refractivity contribution in [1.82, 2.24) is 5.32 Å². The van der Waals surface area contributed by atoms with Gasteiger partial charge in [0.1, 0.15) is 33.6 Å². The lowest BCUT2D eigenvalue weighted by Crippen LogP contribution is -2.58. The van der Waals surface area contributed by atoms with Crippen LogP contribution in [0.5, 0.6) is 17.2 Å². The Hall–Kier alpha value is -3.85. The number of benzene rings is 2. The molecule has 0 radical (unpaired) electrons. The number of hydrogen-bond donors (Lipinski definition) is 1. The van der Waals surface area contributed by atoms with Crippen molar-refractivity contribution >= 4 is 29.1 Å². The van der Waals surface area contributed by atoms with Crippen LogP contribution in [0.25, 0.3) is 0 Å². The van der Waals surface area contributed by atoms with Crippen molar-refractivity contribution in [2.75, 3.05) is 21.3 Å². The quantitative estimate of drug-likeness (QED) is 0.468. The summed E-state index contributed by atoms with van der Waals surface area (Å²) in [5.74, 6) is -3.24. The highest BCUT2D eigenvalue weighted by Crippen LogP contribution is 2.55. The molecule has 0 fully saturated rings. The minimum Gasteiger partial charge on any atom is -0.496 e. The Morgan fingerprint density at radius 3 is 2.41 bits per heavy atom. The topological polar surface area (TPSA) is 100 Å². The second-order valence-corrected chi connectivity index (χ2v) is 9.40. The lowest BCUT2D eigenvalue weighted by atomic mass is 9.67. The Bertz CT molecular complexity index is 1410. The molecule has 3 atom stereocenters. The SMILES string of the molecule is COC(=O)C1=CC(c2ccc(F)cc2)C2=C(CC(C)C3(Oc4c(Cl)c(OC)cc(OC)c4C3=O)C2=O)N1. The molecule has 0 amide bonds. The van der Waals surface area contributed by atoms with Crippen LogP contribution in [0.1, 0.15) is 35.2 Å². The fraction of sp³-hybridized carbons (Fsp3) is 0.296. The van der Waals surface area contributed by atoms with Crippen molar-refractivity contribution in [2.24, 2.45) is 5.92 Å². The van der Waals surface area contributed by atoms with E-state index in [9.17, 15) is 18.8 Å². The Labute approximate surface area is 217 Å². The maximum absolute atomic E-state index is 14.4. The van der Waals surface area contributed by atoms with Gasteiger partial charge in [-0.05, 0) is 30.2 Å². The fourth-order valence-electron chi connectivity index (χ4n) is 5.26. The summed E-state index contributed by atoms with van der Waals surface area (Å²) in [5, 5.41) is 3.06. The summed E-state index contributed by atoms with van der Waals surface area (Å²) < 4.78 is 35.5. The second-order valence-electron chi connectivity index (χ2n) is 9.02. The van der Waals surface area contributed by atoms with Crippen molar-refractivity contribution in [3.63, 3.8) is 0 Å². The largest absolute Gasteiger partial charge is 0.496 e. The summed E-state index contributed by atoms with van der Waals surface area (Å²) in [5.41, 5.74) is -0.464. The summed E-state index contributed by atoms with van der Waals surface area (Å²) in [6.45, 7) is 1.72. The van der Waals surface area contributed by atoms with Crippen LogP contribution in [0, 0.1) is 11.7 Å². The van der Waals surface area contributed by atoms with E-state index in [-0.39, 0.29) is 45.5 Å². The van der Waals surface area contributed by atoms with Gasteiger partial charge in [-0.15, -0.1) is 0 Å². The zero-order valence-corrected chi connectivity index (χ0v) is 21.2. The first-order chi connectivity index (χ1) is 17.7. The Morgan fingerprint density at radius 2 is 1.78 bits per heavy atom. The number of Topliss-reactive ketones (excluding diaryl/α,β-unsaturated/α-hetero) is 2. The zero-order chi connectivity index (χ0) is 26.6. The predicted molar refractivity (Wildman–Crippen MR) is 130 cm³/mol. The van der Waals surface area contributed by atoms with E-state index in [0.717, 1.165) is 0 Å². The molecule has 5 rings (SSSR count). The van der Waals surface area contributed by atoms with E-state index in [0.29, 0.717) is 11.3 Å². The van der Waals surface area contributed by atoms with Crippen LogP contribution in [-0.4, -0.2) is 44.5 Å². The molecule has 1 spiro atoms. The summed E-state index contributed by atoms with van der Waals surface area (Å²) >= 11 is 6.50. The van der Waals surface area contributed by atoms with Gasteiger partial charge < -0.3 is 24.3 Å². The standard InChI is InChI=1S/C27H23ClFNO7/c1-12-9-16-20(15(10-17(30-16)26(33)36-4)13-5-7-14(29)8-6-13)24(31)27(12)25(32)21-18(34-2)11-19(35-3)22(28)23(21)37-27/h5-8,10-12,15,30H,9H2,1-4H3. The number of fused-ring (bicyclic) bond motifs is 1. The molecule has 37 heavy (non-hydrogen) atoms. The summed E-state index contributed by atoms with van der Waals surface area (Å²) in [6.07, 6.45) is 1.73. The van der Waals surface area contributed by atoms with Gasteiger partial charge in [0.25, 0.3) is 0 Å². The first-order valence-electron chi connectivity index (χ1n) is 11.5. The van der Waals surface area contributed by atoms with Gasteiger partial charge in [-0.3, -0.25) is 9.59 Å². The first-order valence-corrected chi connectivity index (χ1v) is 11.8. The van der Waals surface area contributed by atoms with Crippen molar-refractivity contribution < 1.29 is 37.7 Å². The Kier molecular flexibility index (Phi) is 5.98. The molecule has 192 valence electrons. The zero-order valence-electron chi connectivity index (χ0n) is 20.4. The van der Waals surface area contributed by atoms with Gasteiger partial charge in [0.05, 0.1) is 21.3 Å². The van der Waals surface area contributed by atoms with E-state index in [2.05, 4.69) is 5.32 Å². The van der Waals surface area contributed by atoms with Crippen LogP contribution >= 0.6 is 11.6 Å². The lowest BCUT2D eigenvalue weighted by Gasteiger charge is -2.41. The number of methoxy groups -OCH3 is 3. The molecule has 2 aromatic rings. The Balaban J connectivity index is 1.67. The third kappa shape index (κ3) is 3.52. The summed E-state index contributed by atoms with van der Waals surface area (Å²) in [4.78, 5) is 40.8. The number of carbonyl (C=O) groups is 3. The van der Waals surface area contributed by atoms with Gasteiger partial charge in [0.2, 0.25) is 17.2 Å². The molecule has 2 heterocycles. The van der Waals surface area contributed by atoms with Gasteiger partial charge in [-0.2, -0.15) is 0 Å². The molecular weight excluding hydrogens is 505 g/mol. The molecule has 2 aliphatic heterocycles. The second kappa shape index (κ2) is 8.92. The molecule has 8 nitrogen and oxygen atoms in total. The van der Waals surface area contributed by atoms with Gasteiger partial charge >= 0.3 is 5.97 Å². The number of halogens is 2. The molecule has 3 aliphatic rings. The predicted octanol–water partition coefficient (Wildman–Crippen LogP) is 4.12. The van der Waals surface area contributed by atoms with Crippen molar-refractivity contribution in [3.8, 4) is 17.2 Å². The van der Waals surface area contributed by atoms with Crippen molar-refractivity contribution in [3.05, 3.63) is 75.3 Å². The van der Waals surface area contributed by atoms with Crippen LogP contribution in [0.3, 0.4) is 0 Å². The molecule has 1 N–H and O–H groups in total. The number of rotatable bonds is 4.